The van der Waals surface area contributed by atoms with Crippen molar-refractivity contribution in [1.29, 1.82) is 0 Å². The van der Waals surface area contributed by atoms with E-state index in [0.29, 0.717) is 33.4 Å². The van der Waals surface area contributed by atoms with Gasteiger partial charge in [-0.1, -0.05) is 68.5 Å². The van der Waals surface area contributed by atoms with Crippen molar-refractivity contribution >= 4 is 23.9 Å². The van der Waals surface area contributed by atoms with Gasteiger partial charge in [0.1, 0.15) is 5.82 Å². The Hall–Kier alpha value is -6.79. The van der Waals surface area contributed by atoms with Crippen molar-refractivity contribution in [3.63, 3.8) is 0 Å². The monoisotopic (exact) mass is 684 g/mol. The van der Waals surface area contributed by atoms with Gasteiger partial charge in [0.25, 0.3) is 0 Å². The van der Waals surface area contributed by atoms with Crippen molar-refractivity contribution in [2.75, 3.05) is 0 Å². The highest BCUT2D eigenvalue weighted by molar-refractivity contribution is 5.92. The molecule has 4 aromatic rings. The van der Waals surface area contributed by atoms with Crippen molar-refractivity contribution in [2.24, 2.45) is 0 Å². The second-order valence-corrected chi connectivity index (χ2v) is 11.5. The number of hydrogen-bond acceptors (Lipinski definition) is 8. The molecule has 4 aromatic carbocycles. The van der Waals surface area contributed by atoms with Gasteiger partial charge in [0, 0.05) is 45.0 Å². The van der Waals surface area contributed by atoms with Crippen LogP contribution in [0.2, 0.25) is 0 Å². The number of carbonyl (C=O) groups is 4. The molecule has 0 spiro atoms. The van der Waals surface area contributed by atoms with Gasteiger partial charge in [-0.05, 0) is 86.8 Å². The first-order valence-electron chi connectivity index (χ1n) is 15.3. The Balaban J connectivity index is 1.57. The molecule has 0 radical (unpaired) electrons. The topological polar surface area (TPSA) is 105 Å². The third kappa shape index (κ3) is 9.65. The van der Waals surface area contributed by atoms with E-state index in [1.807, 2.05) is 0 Å². The van der Waals surface area contributed by atoms with E-state index in [-0.39, 0.29) is 45.3 Å². The zero-order valence-corrected chi connectivity index (χ0v) is 28.5. The Kier molecular flexibility index (Phi) is 11.7. The Morgan fingerprint density at radius 2 is 0.843 bits per heavy atom. The van der Waals surface area contributed by atoms with Crippen molar-refractivity contribution < 1.29 is 42.5 Å². The van der Waals surface area contributed by atoms with E-state index in [0.717, 1.165) is 0 Å². The quantitative estimate of drug-likeness (QED) is 0.0709. The maximum absolute atomic E-state index is 15.5. The van der Waals surface area contributed by atoms with Crippen LogP contribution in [0.15, 0.2) is 127 Å². The molecule has 0 unspecified atom stereocenters. The molecule has 9 heteroatoms. The van der Waals surface area contributed by atoms with Crippen molar-refractivity contribution in [1.82, 2.24) is 0 Å². The molecule has 8 nitrogen and oxygen atoms in total. The van der Waals surface area contributed by atoms with E-state index in [2.05, 4.69) is 38.2 Å². The molecule has 0 heterocycles. The second-order valence-electron chi connectivity index (χ2n) is 11.5. The molecule has 0 atom stereocenters. The van der Waals surface area contributed by atoms with Gasteiger partial charge < -0.3 is 18.9 Å². The molecule has 0 amide bonds. The van der Waals surface area contributed by atoms with Crippen LogP contribution in [0.1, 0.15) is 38.8 Å². The maximum atomic E-state index is 15.5. The fourth-order valence-corrected chi connectivity index (χ4v) is 4.16. The lowest BCUT2D eigenvalue weighted by Crippen LogP contribution is -2.12. The average Bonchev–Trinajstić information content (AvgIpc) is 3.08. The number of hydrogen-bond donors (Lipinski definition) is 0. The smallest absolute Gasteiger partial charge is 0.338 e. The minimum Gasteiger partial charge on any atom is -0.419 e. The molecule has 0 aliphatic carbocycles. The van der Waals surface area contributed by atoms with Gasteiger partial charge in [0.05, 0.1) is 0 Å². The van der Waals surface area contributed by atoms with Gasteiger partial charge in [-0.25, -0.2) is 23.6 Å². The Bertz CT molecular complexity index is 2200. The molecule has 256 valence electrons. The van der Waals surface area contributed by atoms with Crippen LogP contribution < -0.4 is 18.9 Å². The molecule has 0 saturated carbocycles. The minimum atomic E-state index is -0.720. The van der Waals surface area contributed by atoms with Crippen molar-refractivity contribution in [2.45, 2.75) is 27.7 Å². The number of ether oxygens (including phenoxy) is 4. The highest BCUT2D eigenvalue weighted by atomic mass is 19.1. The predicted octanol–water partition coefficient (Wildman–Crippen LogP) is 8.49. The van der Waals surface area contributed by atoms with Gasteiger partial charge in [0.15, 0.2) is 23.0 Å². The van der Waals surface area contributed by atoms with Crippen LogP contribution in [0.5, 0.6) is 23.0 Å². The normalized spacial score (nSPS) is 10.1. The van der Waals surface area contributed by atoms with Crippen LogP contribution in [-0.4, -0.2) is 23.9 Å². The third-order valence-corrected chi connectivity index (χ3v) is 6.94. The summed E-state index contributed by atoms with van der Waals surface area (Å²) >= 11 is 0. The van der Waals surface area contributed by atoms with Crippen molar-refractivity contribution in [3.05, 3.63) is 144 Å². The minimum absolute atomic E-state index is 0.00519. The van der Waals surface area contributed by atoms with E-state index in [4.69, 9.17) is 18.9 Å². The van der Waals surface area contributed by atoms with Crippen LogP contribution in [-0.2, 0) is 19.2 Å². The lowest BCUT2D eigenvalue weighted by molar-refractivity contribution is -0.132. The lowest BCUT2D eigenvalue weighted by atomic mass is 9.98. The molecule has 0 aliphatic heterocycles. The molecule has 0 saturated heterocycles. The highest BCUT2D eigenvalue weighted by Crippen LogP contribution is 2.36. The fourth-order valence-electron chi connectivity index (χ4n) is 4.16. The first-order valence-corrected chi connectivity index (χ1v) is 15.3. The van der Waals surface area contributed by atoms with Crippen LogP contribution in [0.4, 0.5) is 4.39 Å². The van der Waals surface area contributed by atoms with Gasteiger partial charge in [-0.3, -0.25) is 0 Å². The largest absolute Gasteiger partial charge is 0.419 e. The summed E-state index contributed by atoms with van der Waals surface area (Å²) in [6.07, 6.45) is 0. The van der Waals surface area contributed by atoms with E-state index < -0.39 is 29.7 Å². The standard InChI is InChI=1S/C42H33FO8/c1-24(2)39(44)48-35-19-13-29(21-37(35)50-41(46)26(5)6)10-9-28-11-14-30(15-12-28)33-18-16-31(22-34(33)43)32-17-20-36(49-40(45)25(3)4)38(23-32)51-42(47)27(7)8/h11-23H,1,3,5,7H2,2,4,6,8H3. The lowest BCUT2D eigenvalue weighted by Gasteiger charge is -2.13. The summed E-state index contributed by atoms with van der Waals surface area (Å²) in [5.41, 5.74) is 3.63. The molecule has 0 fully saturated rings. The van der Waals surface area contributed by atoms with E-state index >= 15 is 4.39 Å². The summed E-state index contributed by atoms with van der Waals surface area (Å²) < 4.78 is 36.9. The molecule has 0 aromatic heterocycles. The number of rotatable bonds is 10. The van der Waals surface area contributed by atoms with E-state index in [1.165, 1.54) is 58.0 Å². The molecule has 0 bridgehead atoms. The maximum Gasteiger partial charge on any atom is 0.338 e. The van der Waals surface area contributed by atoms with E-state index in [9.17, 15) is 19.2 Å². The highest BCUT2D eigenvalue weighted by Gasteiger charge is 2.18. The van der Waals surface area contributed by atoms with Crippen LogP contribution in [0, 0.1) is 17.7 Å². The number of carbonyl (C=O) groups excluding carboxylic acids is 4. The average molecular weight is 685 g/mol. The molecule has 51 heavy (non-hydrogen) atoms. The van der Waals surface area contributed by atoms with Crippen LogP contribution in [0.3, 0.4) is 0 Å². The summed E-state index contributed by atoms with van der Waals surface area (Å²) in [5, 5.41) is 0. The molecule has 0 aliphatic rings. The summed E-state index contributed by atoms with van der Waals surface area (Å²) in [4.78, 5) is 48.7. The zero-order valence-electron chi connectivity index (χ0n) is 28.5. The summed E-state index contributed by atoms with van der Waals surface area (Å²) in [7, 11) is 0. The third-order valence-electron chi connectivity index (χ3n) is 6.94. The summed E-state index contributed by atoms with van der Waals surface area (Å²) in [6.45, 7) is 20.2. The molecular formula is C42H33FO8. The van der Waals surface area contributed by atoms with Gasteiger partial charge in [-0.15, -0.1) is 0 Å². The van der Waals surface area contributed by atoms with Crippen LogP contribution in [0.25, 0.3) is 22.3 Å². The first-order chi connectivity index (χ1) is 24.1. The predicted molar refractivity (Wildman–Crippen MR) is 191 cm³/mol. The number of esters is 4. The second kappa shape index (κ2) is 16.1. The Morgan fingerprint density at radius 3 is 1.33 bits per heavy atom. The SMILES string of the molecule is C=C(C)C(=O)Oc1ccc(C#Cc2ccc(-c3ccc(-c4ccc(OC(=O)C(=C)C)c(OC(=O)C(=C)C)c4)cc3F)cc2)cc1OC(=O)C(=C)C. The molecule has 0 N–H and O–H groups in total. The first kappa shape index (κ1) is 37.0. The molecule has 4 rings (SSSR count). The number of benzene rings is 4. The van der Waals surface area contributed by atoms with Crippen molar-refractivity contribution in [3.8, 4) is 57.1 Å². The van der Waals surface area contributed by atoms with E-state index in [1.54, 1.807) is 48.5 Å². The fraction of sp³-hybridized carbons (Fsp3) is 0.0952. The summed E-state index contributed by atoms with van der Waals surface area (Å²) in [5.74, 6) is 2.66. The Labute approximate surface area is 295 Å². The van der Waals surface area contributed by atoms with Gasteiger partial charge in [-0.2, -0.15) is 0 Å². The van der Waals surface area contributed by atoms with Gasteiger partial charge in [0.2, 0.25) is 0 Å². The number of halogens is 1. The van der Waals surface area contributed by atoms with Crippen LogP contribution >= 0.6 is 0 Å². The molecular weight excluding hydrogens is 651 g/mol. The summed E-state index contributed by atoms with van der Waals surface area (Å²) in [6, 6.07) is 20.6. The van der Waals surface area contributed by atoms with Gasteiger partial charge >= 0.3 is 23.9 Å². The zero-order chi connectivity index (χ0) is 37.4. The Morgan fingerprint density at radius 1 is 0.471 bits per heavy atom.